The van der Waals surface area contributed by atoms with Gasteiger partial charge in [0.1, 0.15) is 0 Å². The van der Waals surface area contributed by atoms with Crippen LogP contribution in [0.4, 0.5) is 0 Å². The Labute approximate surface area is 268 Å². The van der Waals surface area contributed by atoms with Gasteiger partial charge >= 0.3 is 189 Å². The molecule has 0 amide bonds. The van der Waals surface area contributed by atoms with Crippen LogP contribution in [0, 0.1) is 0 Å². The van der Waals surface area contributed by atoms with Crippen molar-refractivity contribution in [2.24, 2.45) is 0 Å². The maximum atomic E-state index is 8.58. The fourth-order valence-electron chi connectivity index (χ4n) is 2.51. The molecule has 0 aromatic carbocycles. The molecule has 0 radical (unpaired) electrons. The molecule has 0 aromatic heterocycles. The summed E-state index contributed by atoms with van der Waals surface area (Å²) in [5.41, 5.74) is 0. The van der Waals surface area contributed by atoms with Crippen LogP contribution in [0.5, 0.6) is 0 Å². The molecule has 250 valence electrons. The van der Waals surface area contributed by atoms with Gasteiger partial charge in [-0.05, 0) is 0 Å². The molecule has 0 saturated carbocycles. The summed E-state index contributed by atoms with van der Waals surface area (Å²) in [6, 6.07) is 0. The molecule has 14 nitrogen and oxygen atoms in total. The fourth-order valence-corrected chi connectivity index (χ4v) is 9.02. The Kier molecular flexibility index (Phi) is 37.7. The van der Waals surface area contributed by atoms with E-state index >= 15 is 0 Å². The summed E-state index contributed by atoms with van der Waals surface area (Å²) in [6.07, 6.45) is 0. The van der Waals surface area contributed by atoms with Crippen LogP contribution in [0.3, 0.4) is 0 Å². The zero-order valence-electron chi connectivity index (χ0n) is 23.9. The van der Waals surface area contributed by atoms with E-state index in [2.05, 4.69) is 37.4 Å². The average Bonchev–Trinajstić information content (AvgIpc) is 2.96. The predicted molar refractivity (Wildman–Crippen MR) is 168 cm³/mol. The first kappa shape index (κ1) is 42.7. The van der Waals surface area contributed by atoms with Crippen LogP contribution >= 0.6 is 37.4 Å². The molecular weight excluding hydrogens is 894 g/mol. The third-order valence-corrected chi connectivity index (χ3v) is 13.7. The molecule has 0 unspecified atom stereocenters. The third-order valence-electron chi connectivity index (χ3n) is 4.34. The first-order valence-electron chi connectivity index (χ1n) is 13.6. The molecule has 17 heteroatoms. The van der Waals surface area contributed by atoms with Crippen molar-refractivity contribution < 1.29 is 63.8 Å². The summed E-state index contributed by atoms with van der Waals surface area (Å²) in [6.45, 7) is 10.5. The Balaban J connectivity index is 3.26. The van der Waals surface area contributed by atoms with E-state index in [1.54, 1.807) is 0 Å². The molecule has 0 aliphatic rings. The van der Waals surface area contributed by atoms with Gasteiger partial charge in [-0.2, -0.15) is 0 Å². The number of rotatable bonds is 36. The van der Waals surface area contributed by atoms with Crippen molar-refractivity contribution in [2.75, 3.05) is 159 Å². The van der Waals surface area contributed by atoms with Crippen molar-refractivity contribution >= 4 is 48.5 Å². The van der Waals surface area contributed by atoms with E-state index in [0.717, 1.165) is 0 Å². The number of aliphatic hydroxyl groups excluding tert-OH is 2. The van der Waals surface area contributed by atoms with Gasteiger partial charge < -0.3 is 29.2 Å². The molecule has 0 saturated heterocycles. The minimum Gasteiger partial charge on any atom is -0.394 e. The molecule has 0 aliphatic heterocycles. The van der Waals surface area contributed by atoms with E-state index in [0.29, 0.717) is 145 Å². The van der Waals surface area contributed by atoms with Crippen LogP contribution in [0.1, 0.15) is 0 Å². The van der Waals surface area contributed by atoms with Crippen LogP contribution in [0.15, 0.2) is 0 Å². The quantitative estimate of drug-likeness (QED) is 0.0510. The first-order valence-corrected chi connectivity index (χ1v) is 29.1. The van der Waals surface area contributed by atoms with E-state index in [1.165, 1.54) is 0 Å². The average molecular weight is 944 g/mol. The van der Waals surface area contributed by atoms with Gasteiger partial charge in [0.25, 0.3) is 0 Å². The number of hydrogen-bond acceptors (Lipinski definition) is 14. The van der Waals surface area contributed by atoms with Crippen LogP contribution in [-0.4, -0.2) is 180 Å². The van der Waals surface area contributed by atoms with Crippen molar-refractivity contribution in [3.8, 4) is 0 Å². The molecule has 0 atom stereocenters. The maximum absolute atomic E-state index is 8.58. The Morgan fingerprint density at radius 1 is 0.293 bits per heavy atom. The molecule has 0 rings (SSSR count). The number of aliphatic hydroxyl groups is 2. The van der Waals surface area contributed by atoms with E-state index in [-0.39, 0.29) is 13.2 Å². The van der Waals surface area contributed by atoms with Crippen LogP contribution in [0.25, 0.3) is 0 Å². The normalized spacial score (nSPS) is 12.4. The molecule has 0 aromatic rings. The van der Waals surface area contributed by atoms with E-state index in [1.807, 2.05) is 0 Å². The molecular formula is C24H50I2O14Te. The van der Waals surface area contributed by atoms with Crippen molar-refractivity contribution in [3.63, 3.8) is 0 Å². The summed E-state index contributed by atoms with van der Waals surface area (Å²) in [5, 5.41) is 17.2. The zero-order valence-corrected chi connectivity index (χ0v) is 30.6. The molecule has 0 spiro atoms. The SMILES string of the molecule is OCCOCCOCCOCCOCCOCCO[Te](I)(I)OCCOCCOCCOCCOCCOCCO. The molecule has 0 heterocycles. The first-order chi connectivity index (χ1) is 20.1. The van der Waals surface area contributed by atoms with Gasteiger partial charge in [0.2, 0.25) is 0 Å². The van der Waals surface area contributed by atoms with Gasteiger partial charge in [0.05, 0.1) is 52.9 Å². The van der Waals surface area contributed by atoms with Gasteiger partial charge in [0.15, 0.2) is 0 Å². The minimum absolute atomic E-state index is 0.0225. The van der Waals surface area contributed by atoms with Gasteiger partial charge in [-0.3, -0.25) is 0 Å². The van der Waals surface area contributed by atoms with Gasteiger partial charge in [0, 0.05) is 0 Å². The van der Waals surface area contributed by atoms with Crippen LogP contribution in [-0.2, 0) is 53.6 Å². The molecule has 0 fully saturated rings. The topological polar surface area (TPSA) is 151 Å². The number of ether oxygens (including phenoxy) is 10. The zero-order chi connectivity index (χ0) is 30.0. The summed E-state index contributed by atoms with van der Waals surface area (Å²) in [7, 11) is 0. The molecule has 0 bridgehead atoms. The second-order valence-corrected chi connectivity index (χ2v) is 38.0. The number of halogens is 2. The van der Waals surface area contributed by atoms with Gasteiger partial charge in [-0.25, -0.2) is 0 Å². The number of hydrogen-bond donors (Lipinski definition) is 2. The fraction of sp³-hybridized carbons (Fsp3) is 1.00. The summed E-state index contributed by atoms with van der Waals surface area (Å²) in [4.78, 5) is 0. The second-order valence-electron chi connectivity index (χ2n) is 7.59. The van der Waals surface area contributed by atoms with E-state index in [4.69, 9.17) is 63.8 Å². The third kappa shape index (κ3) is 37.8. The Morgan fingerprint density at radius 2 is 0.463 bits per heavy atom. The Bertz CT molecular complexity index is 463. The Hall–Kier alpha value is 1.69. The Morgan fingerprint density at radius 3 is 0.659 bits per heavy atom. The van der Waals surface area contributed by atoms with Gasteiger partial charge in [-0.1, -0.05) is 0 Å². The standard InChI is InChI=1S/C24H50I2O14Te/c25-41(26,39-23-21-37-19-17-35-15-13-33-11-9-31-7-5-29-3-1-27)40-24-22-38-20-18-36-16-14-34-12-10-32-8-6-30-4-2-28/h27-28H,1-24H2. The van der Waals surface area contributed by atoms with Crippen LogP contribution < -0.4 is 0 Å². The summed E-state index contributed by atoms with van der Waals surface area (Å²) < 4.78 is 65.4. The summed E-state index contributed by atoms with van der Waals surface area (Å²) >= 11 is 1.71. The van der Waals surface area contributed by atoms with Crippen molar-refractivity contribution in [2.45, 2.75) is 0 Å². The van der Waals surface area contributed by atoms with Crippen molar-refractivity contribution in [1.82, 2.24) is 0 Å². The van der Waals surface area contributed by atoms with Gasteiger partial charge in [-0.15, -0.1) is 0 Å². The predicted octanol–water partition coefficient (Wildman–Crippen LogP) is 0.476. The summed E-state index contributed by atoms with van der Waals surface area (Å²) in [5.74, 6) is 0. The van der Waals surface area contributed by atoms with Crippen molar-refractivity contribution in [1.29, 1.82) is 0 Å². The molecule has 2 N–H and O–H groups in total. The van der Waals surface area contributed by atoms with E-state index in [9.17, 15) is 0 Å². The smallest absolute Gasteiger partial charge is 0.394 e. The second kappa shape index (κ2) is 36.2. The van der Waals surface area contributed by atoms with Crippen LogP contribution in [0.2, 0.25) is 0 Å². The van der Waals surface area contributed by atoms with E-state index < -0.39 is 11.1 Å². The monoisotopic (exact) mass is 946 g/mol. The molecule has 41 heavy (non-hydrogen) atoms. The minimum atomic E-state index is -2.84. The molecule has 0 aliphatic carbocycles. The van der Waals surface area contributed by atoms with Crippen molar-refractivity contribution in [3.05, 3.63) is 0 Å².